The predicted molar refractivity (Wildman–Crippen MR) is 132 cm³/mol. The first-order valence-corrected chi connectivity index (χ1v) is 12.8. The van der Waals surface area contributed by atoms with Crippen LogP contribution in [0.15, 0.2) is 36.4 Å². The van der Waals surface area contributed by atoms with Crippen LogP contribution in [0.25, 0.3) is 0 Å². The molecule has 0 bridgehead atoms. The highest BCUT2D eigenvalue weighted by Crippen LogP contribution is 2.47. The lowest BCUT2D eigenvalue weighted by Gasteiger charge is -2.46. The summed E-state index contributed by atoms with van der Waals surface area (Å²) in [5, 5.41) is 82.4. The normalized spacial score (nSPS) is 38.0. The lowest BCUT2D eigenvalue weighted by molar-refractivity contribution is -0.338. The number of carbonyl (C=O) groups excluding carboxylic acids is 1. The summed E-state index contributed by atoms with van der Waals surface area (Å²) in [6, 6.07) is 8.63. The van der Waals surface area contributed by atoms with E-state index in [1.54, 1.807) is 12.1 Å². The number of aliphatic hydroxyl groups is 6. The lowest BCUT2D eigenvalue weighted by atomic mass is 9.87. The van der Waals surface area contributed by atoms with Crippen LogP contribution < -0.4 is 4.74 Å². The van der Waals surface area contributed by atoms with Gasteiger partial charge in [0.05, 0.1) is 19.1 Å². The first-order valence-electron chi connectivity index (χ1n) is 12.8. The zero-order valence-electron chi connectivity index (χ0n) is 21.3. The molecule has 0 saturated carbocycles. The summed E-state index contributed by atoms with van der Waals surface area (Å²) in [6.45, 7) is 0.749. The van der Waals surface area contributed by atoms with E-state index in [0.717, 1.165) is 0 Å². The van der Waals surface area contributed by atoms with Gasteiger partial charge in [-0.05, 0) is 36.8 Å². The van der Waals surface area contributed by atoms with Crippen molar-refractivity contribution in [2.75, 3.05) is 6.61 Å². The average Bonchev–Trinajstić information content (AvgIpc) is 2.93. The number of ether oxygens (including phenoxy) is 4. The van der Waals surface area contributed by atoms with Gasteiger partial charge in [0, 0.05) is 5.56 Å². The van der Waals surface area contributed by atoms with E-state index in [0.29, 0.717) is 5.56 Å². The molecule has 3 aliphatic heterocycles. The van der Waals surface area contributed by atoms with Gasteiger partial charge in [0.15, 0.2) is 12.1 Å². The van der Waals surface area contributed by atoms with Gasteiger partial charge in [0.1, 0.15) is 77.7 Å². The second-order valence-corrected chi connectivity index (χ2v) is 10.2. The molecule has 2 aromatic rings. The van der Waals surface area contributed by atoms with Gasteiger partial charge in [-0.1, -0.05) is 12.1 Å². The zero-order valence-corrected chi connectivity index (χ0v) is 21.3. The van der Waals surface area contributed by atoms with Gasteiger partial charge in [-0.25, -0.2) is 0 Å². The highest BCUT2D eigenvalue weighted by Gasteiger charge is 2.51. The SMILES string of the molecule is C[C@H]1O[C@@H](O[C@H]2[C@@H](O)[C@H](O)[C@@H](CO)O[C@H]2c2ccc(O)c3c2O[C@H](c2ccc(O)cc2)CC3=O)[C@H](O)[C@H](O)[C@H]1O. The predicted octanol–water partition coefficient (Wildman–Crippen LogP) is -0.829. The molecule has 0 aliphatic carbocycles. The standard InChI is InChI=1S/C27H32O13/c1-10-19(32)21(34)23(36)27(37-10)40-26-22(35)20(33)17(9-28)39-25(26)13-6-7-14(30)18-15(31)8-16(38-24(13)18)11-2-4-12(29)5-3-11/h2-7,10,16-17,19-23,25-30,32-36H,8-9H2,1H3/t10-,16+,17-,19+,20-,21-,22+,23-,25+,26+,27+/m1/s1. The van der Waals surface area contributed by atoms with Crippen LogP contribution >= 0.6 is 0 Å². The summed E-state index contributed by atoms with van der Waals surface area (Å²) in [7, 11) is 0. The third-order valence-corrected chi connectivity index (χ3v) is 7.61. The fourth-order valence-corrected chi connectivity index (χ4v) is 5.31. The monoisotopic (exact) mass is 564 g/mol. The summed E-state index contributed by atoms with van der Waals surface area (Å²) >= 11 is 0. The van der Waals surface area contributed by atoms with Crippen LogP contribution in [0.3, 0.4) is 0 Å². The minimum Gasteiger partial charge on any atom is -0.508 e. The summed E-state index contributed by atoms with van der Waals surface area (Å²) in [5.74, 6) is -0.885. The van der Waals surface area contributed by atoms with E-state index in [9.17, 15) is 45.6 Å². The Morgan fingerprint density at radius 2 is 1.57 bits per heavy atom. The Labute approximate surface area is 228 Å². The molecule has 0 spiro atoms. The van der Waals surface area contributed by atoms with Crippen LogP contribution in [-0.4, -0.2) is 108 Å². The van der Waals surface area contributed by atoms with Crippen molar-refractivity contribution >= 4 is 5.78 Å². The van der Waals surface area contributed by atoms with Crippen molar-refractivity contribution in [1.82, 2.24) is 0 Å². The fourth-order valence-electron chi connectivity index (χ4n) is 5.31. The summed E-state index contributed by atoms with van der Waals surface area (Å²) in [6.07, 6.45) is -15.8. The second kappa shape index (κ2) is 11.2. The summed E-state index contributed by atoms with van der Waals surface area (Å²) in [4.78, 5) is 13.2. The molecule has 40 heavy (non-hydrogen) atoms. The third kappa shape index (κ3) is 5.04. The molecule has 0 radical (unpaired) electrons. The van der Waals surface area contributed by atoms with Crippen molar-refractivity contribution in [3.63, 3.8) is 0 Å². The van der Waals surface area contributed by atoms with Crippen LogP contribution in [0.2, 0.25) is 0 Å². The number of Topliss-reactive ketones (excluding diaryl/α,β-unsaturated/α-hetero) is 1. The van der Waals surface area contributed by atoms with Crippen molar-refractivity contribution in [3.05, 3.63) is 53.1 Å². The number of hydrogen-bond donors (Lipinski definition) is 8. The number of carbonyl (C=O) groups is 1. The number of fused-ring (bicyclic) bond motifs is 1. The number of aromatic hydroxyl groups is 2. The van der Waals surface area contributed by atoms with E-state index >= 15 is 0 Å². The van der Waals surface area contributed by atoms with Crippen molar-refractivity contribution in [2.24, 2.45) is 0 Å². The Hall–Kier alpha value is -2.85. The minimum absolute atomic E-state index is 0.0156. The molecule has 0 aromatic heterocycles. The largest absolute Gasteiger partial charge is 0.508 e. The molecule has 8 N–H and O–H groups in total. The van der Waals surface area contributed by atoms with Crippen molar-refractivity contribution in [2.45, 2.75) is 80.7 Å². The summed E-state index contributed by atoms with van der Waals surface area (Å²) in [5.41, 5.74) is 0.544. The minimum atomic E-state index is -1.74. The van der Waals surface area contributed by atoms with Crippen molar-refractivity contribution in [1.29, 1.82) is 0 Å². The molecule has 0 amide bonds. The number of ketones is 1. The quantitative estimate of drug-likeness (QED) is 0.223. The van der Waals surface area contributed by atoms with E-state index in [2.05, 4.69) is 0 Å². The van der Waals surface area contributed by atoms with Gasteiger partial charge in [-0.2, -0.15) is 0 Å². The molecule has 13 heteroatoms. The Balaban J connectivity index is 1.54. The average molecular weight is 565 g/mol. The smallest absolute Gasteiger partial charge is 0.187 e. The Morgan fingerprint density at radius 3 is 2.25 bits per heavy atom. The number of aliphatic hydroxyl groups excluding tert-OH is 6. The van der Waals surface area contributed by atoms with Crippen LogP contribution in [-0.2, 0) is 14.2 Å². The van der Waals surface area contributed by atoms with E-state index in [-0.39, 0.29) is 34.8 Å². The molecule has 218 valence electrons. The lowest BCUT2D eigenvalue weighted by Crippen LogP contribution is -2.61. The third-order valence-electron chi connectivity index (χ3n) is 7.61. The highest BCUT2D eigenvalue weighted by molar-refractivity contribution is 6.03. The topological polar surface area (TPSA) is 216 Å². The maximum atomic E-state index is 13.2. The van der Waals surface area contributed by atoms with E-state index in [1.165, 1.54) is 31.2 Å². The molecule has 11 atom stereocenters. The zero-order chi connectivity index (χ0) is 28.9. The number of rotatable bonds is 5. The van der Waals surface area contributed by atoms with Crippen LogP contribution in [0.5, 0.6) is 17.2 Å². The molecular weight excluding hydrogens is 532 g/mol. The molecular formula is C27H32O13. The molecule has 2 aromatic carbocycles. The molecule has 13 nitrogen and oxygen atoms in total. The number of phenols is 2. The van der Waals surface area contributed by atoms with E-state index < -0.39 is 79.7 Å². The molecule has 0 unspecified atom stereocenters. The van der Waals surface area contributed by atoms with Crippen molar-refractivity contribution in [3.8, 4) is 17.2 Å². The van der Waals surface area contributed by atoms with Crippen LogP contribution in [0, 0.1) is 0 Å². The van der Waals surface area contributed by atoms with Gasteiger partial charge < -0.3 is 59.8 Å². The van der Waals surface area contributed by atoms with Gasteiger partial charge in [0.2, 0.25) is 0 Å². The molecule has 2 fully saturated rings. The highest BCUT2D eigenvalue weighted by atomic mass is 16.7. The van der Waals surface area contributed by atoms with Gasteiger partial charge in [-0.3, -0.25) is 4.79 Å². The number of phenolic OH excluding ortho intramolecular Hbond substituents is 2. The molecule has 3 aliphatic rings. The Kier molecular flexibility index (Phi) is 8.03. The van der Waals surface area contributed by atoms with Gasteiger partial charge in [-0.15, -0.1) is 0 Å². The maximum Gasteiger partial charge on any atom is 0.187 e. The Bertz CT molecular complexity index is 1220. The first kappa shape index (κ1) is 28.7. The first-order chi connectivity index (χ1) is 19.0. The van der Waals surface area contributed by atoms with Crippen LogP contribution in [0.4, 0.5) is 0 Å². The van der Waals surface area contributed by atoms with Gasteiger partial charge in [0.25, 0.3) is 0 Å². The number of benzene rings is 2. The molecule has 5 rings (SSSR count). The molecule has 2 saturated heterocycles. The fraction of sp³-hybridized carbons (Fsp3) is 0.519. The molecule has 3 heterocycles. The maximum absolute atomic E-state index is 13.2. The van der Waals surface area contributed by atoms with Crippen LogP contribution in [0.1, 0.15) is 47.0 Å². The van der Waals surface area contributed by atoms with Crippen molar-refractivity contribution < 1.29 is 64.6 Å². The Morgan fingerprint density at radius 1 is 0.875 bits per heavy atom. The summed E-state index contributed by atoms with van der Waals surface area (Å²) < 4.78 is 23.5. The van der Waals surface area contributed by atoms with E-state index in [1.807, 2.05) is 0 Å². The number of hydrogen-bond acceptors (Lipinski definition) is 13. The van der Waals surface area contributed by atoms with E-state index in [4.69, 9.17) is 18.9 Å². The van der Waals surface area contributed by atoms with Gasteiger partial charge >= 0.3 is 0 Å². The second-order valence-electron chi connectivity index (χ2n) is 10.2.